The monoisotopic (exact) mass is 434 g/mol. The SMILES string of the molecule is CN(c1cc(/C=C\C2CC2)cc(C(=O)N[C@H](CO)Cc2ccsc2)c1)S(C)(=O)=O. The summed E-state index contributed by atoms with van der Waals surface area (Å²) in [4.78, 5) is 12.9. The average Bonchev–Trinajstić information content (AvgIpc) is 3.38. The van der Waals surface area contributed by atoms with Crippen molar-refractivity contribution in [2.24, 2.45) is 5.92 Å². The number of hydrogen-bond donors (Lipinski definition) is 2. The molecule has 2 aromatic rings. The summed E-state index contributed by atoms with van der Waals surface area (Å²) in [6.07, 6.45) is 8.00. The zero-order valence-electron chi connectivity index (χ0n) is 16.5. The number of allylic oxidation sites excluding steroid dienone is 1. The Morgan fingerprint density at radius 3 is 2.72 bits per heavy atom. The number of benzene rings is 1. The van der Waals surface area contributed by atoms with Crippen molar-refractivity contribution < 1.29 is 18.3 Å². The number of anilines is 1. The standard InChI is InChI=1S/C21H26N2O4S2/c1-23(29(2,26)27)20-11-16(6-5-15-3-4-15)9-18(12-20)21(25)22-19(13-24)10-17-7-8-28-14-17/h5-9,11-12,14-15,19,24H,3-4,10,13H2,1-2H3,(H,22,25)/b6-5-/t19-/m0/s1. The van der Waals surface area contributed by atoms with Crippen molar-refractivity contribution >= 4 is 39.0 Å². The van der Waals surface area contributed by atoms with Gasteiger partial charge in [0.2, 0.25) is 10.0 Å². The van der Waals surface area contributed by atoms with Gasteiger partial charge in [-0.05, 0) is 71.3 Å². The Balaban J connectivity index is 1.84. The van der Waals surface area contributed by atoms with Crippen molar-refractivity contribution in [2.45, 2.75) is 25.3 Å². The second-order valence-corrected chi connectivity index (χ2v) is 10.2. The van der Waals surface area contributed by atoms with Gasteiger partial charge in [0.1, 0.15) is 0 Å². The molecule has 1 amide bonds. The van der Waals surface area contributed by atoms with Crippen LogP contribution in [0.3, 0.4) is 0 Å². The molecule has 0 radical (unpaired) electrons. The number of aliphatic hydroxyl groups excluding tert-OH is 1. The molecule has 1 aromatic heterocycles. The van der Waals surface area contributed by atoms with E-state index in [1.54, 1.807) is 29.5 Å². The third kappa shape index (κ3) is 6.16. The van der Waals surface area contributed by atoms with Gasteiger partial charge in [0.15, 0.2) is 0 Å². The smallest absolute Gasteiger partial charge is 0.251 e. The number of rotatable bonds is 9. The average molecular weight is 435 g/mol. The molecule has 29 heavy (non-hydrogen) atoms. The molecule has 1 aromatic carbocycles. The minimum atomic E-state index is -3.46. The Morgan fingerprint density at radius 2 is 2.14 bits per heavy atom. The number of hydrogen-bond acceptors (Lipinski definition) is 5. The van der Waals surface area contributed by atoms with Crippen LogP contribution in [-0.2, 0) is 16.4 Å². The summed E-state index contributed by atoms with van der Waals surface area (Å²) in [6, 6.07) is 6.60. The lowest BCUT2D eigenvalue weighted by atomic mass is 10.1. The molecule has 156 valence electrons. The van der Waals surface area contributed by atoms with Crippen molar-refractivity contribution in [1.82, 2.24) is 5.32 Å². The van der Waals surface area contributed by atoms with Crippen LogP contribution in [0.1, 0.15) is 34.3 Å². The number of aliphatic hydroxyl groups is 1. The molecule has 0 bridgehead atoms. The zero-order valence-corrected chi connectivity index (χ0v) is 18.2. The number of amides is 1. The van der Waals surface area contributed by atoms with E-state index in [1.807, 2.05) is 22.9 Å². The molecule has 1 fully saturated rings. The summed E-state index contributed by atoms with van der Waals surface area (Å²) in [5.74, 6) is 0.219. The summed E-state index contributed by atoms with van der Waals surface area (Å²) < 4.78 is 25.1. The topological polar surface area (TPSA) is 86.7 Å². The van der Waals surface area contributed by atoms with Gasteiger partial charge in [0, 0.05) is 12.6 Å². The van der Waals surface area contributed by atoms with Crippen LogP contribution in [0.2, 0.25) is 0 Å². The van der Waals surface area contributed by atoms with Crippen LogP contribution in [0.25, 0.3) is 6.08 Å². The molecule has 1 heterocycles. The summed E-state index contributed by atoms with van der Waals surface area (Å²) in [5, 5.41) is 16.5. The van der Waals surface area contributed by atoms with Crippen LogP contribution in [0.4, 0.5) is 5.69 Å². The highest BCUT2D eigenvalue weighted by molar-refractivity contribution is 7.92. The van der Waals surface area contributed by atoms with Gasteiger partial charge in [-0.15, -0.1) is 0 Å². The van der Waals surface area contributed by atoms with E-state index in [4.69, 9.17) is 0 Å². The first-order chi connectivity index (χ1) is 13.8. The minimum Gasteiger partial charge on any atom is -0.394 e. The van der Waals surface area contributed by atoms with Crippen LogP contribution in [0.5, 0.6) is 0 Å². The normalized spacial score (nSPS) is 15.4. The Kier molecular flexibility index (Phi) is 6.77. The van der Waals surface area contributed by atoms with E-state index in [-0.39, 0.29) is 12.5 Å². The maximum atomic E-state index is 12.9. The molecule has 2 N–H and O–H groups in total. The van der Waals surface area contributed by atoms with Gasteiger partial charge in [0.25, 0.3) is 5.91 Å². The van der Waals surface area contributed by atoms with Crippen LogP contribution in [0, 0.1) is 5.92 Å². The quantitative estimate of drug-likeness (QED) is 0.635. The fourth-order valence-electron chi connectivity index (χ4n) is 2.89. The van der Waals surface area contributed by atoms with Crippen molar-refractivity contribution in [3.8, 4) is 0 Å². The first kappa shape index (κ1) is 21.5. The van der Waals surface area contributed by atoms with E-state index >= 15 is 0 Å². The Hall–Kier alpha value is -2.16. The van der Waals surface area contributed by atoms with E-state index in [9.17, 15) is 18.3 Å². The largest absolute Gasteiger partial charge is 0.394 e. The van der Waals surface area contributed by atoms with Gasteiger partial charge >= 0.3 is 0 Å². The fraction of sp³-hybridized carbons (Fsp3) is 0.381. The summed E-state index contributed by atoms with van der Waals surface area (Å²) >= 11 is 1.57. The van der Waals surface area contributed by atoms with Gasteiger partial charge in [-0.1, -0.05) is 12.2 Å². The number of sulfonamides is 1. The number of thiophene rings is 1. The predicted molar refractivity (Wildman–Crippen MR) is 118 cm³/mol. The third-order valence-corrected chi connectivity index (χ3v) is 6.80. The highest BCUT2D eigenvalue weighted by atomic mass is 32.2. The van der Waals surface area contributed by atoms with E-state index in [2.05, 4.69) is 11.4 Å². The van der Waals surface area contributed by atoms with Gasteiger partial charge < -0.3 is 10.4 Å². The van der Waals surface area contributed by atoms with E-state index < -0.39 is 16.1 Å². The van der Waals surface area contributed by atoms with Crippen molar-refractivity contribution in [2.75, 3.05) is 24.2 Å². The van der Waals surface area contributed by atoms with Crippen LogP contribution in [-0.4, -0.2) is 45.4 Å². The van der Waals surface area contributed by atoms with Crippen molar-refractivity contribution in [1.29, 1.82) is 0 Å². The molecule has 1 aliphatic rings. The lowest BCUT2D eigenvalue weighted by Gasteiger charge is -2.20. The minimum absolute atomic E-state index is 0.182. The molecule has 0 spiro atoms. The first-order valence-electron chi connectivity index (χ1n) is 9.46. The molecule has 1 saturated carbocycles. The van der Waals surface area contributed by atoms with Crippen molar-refractivity contribution in [3.63, 3.8) is 0 Å². The van der Waals surface area contributed by atoms with Gasteiger partial charge in [-0.2, -0.15) is 11.3 Å². The van der Waals surface area contributed by atoms with Crippen LogP contribution < -0.4 is 9.62 Å². The Labute approximate surface area is 175 Å². The first-order valence-corrected chi connectivity index (χ1v) is 12.3. The molecule has 6 nitrogen and oxygen atoms in total. The molecule has 8 heteroatoms. The van der Waals surface area contributed by atoms with E-state index in [1.165, 1.54) is 7.05 Å². The number of carbonyl (C=O) groups is 1. The highest BCUT2D eigenvalue weighted by Crippen LogP contribution is 2.31. The summed E-state index contributed by atoms with van der Waals surface area (Å²) in [6.45, 7) is -0.182. The Morgan fingerprint density at radius 1 is 1.38 bits per heavy atom. The maximum absolute atomic E-state index is 12.9. The fourth-order valence-corrected chi connectivity index (χ4v) is 4.06. The predicted octanol–water partition coefficient (Wildman–Crippen LogP) is 2.90. The maximum Gasteiger partial charge on any atom is 0.251 e. The molecule has 0 saturated heterocycles. The number of carbonyl (C=O) groups excluding carboxylic acids is 1. The lowest BCUT2D eigenvalue weighted by molar-refractivity contribution is 0.0916. The highest BCUT2D eigenvalue weighted by Gasteiger charge is 2.20. The van der Waals surface area contributed by atoms with Gasteiger partial charge in [0.05, 0.1) is 24.6 Å². The van der Waals surface area contributed by atoms with Crippen molar-refractivity contribution in [3.05, 3.63) is 57.8 Å². The van der Waals surface area contributed by atoms with Crippen LogP contribution >= 0.6 is 11.3 Å². The van der Waals surface area contributed by atoms with Gasteiger partial charge in [-0.25, -0.2) is 8.42 Å². The number of nitrogens with zero attached hydrogens (tertiary/aromatic N) is 1. The number of nitrogens with one attached hydrogen (secondary N) is 1. The van der Waals surface area contributed by atoms with E-state index in [0.717, 1.165) is 34.5 Å². The van der Waals surface area contributed by atoms with E-state index in [0.29, 0.717) is 23.6 Å². The van der Waals surface area contributed by atoms with Gasteiger partial charge in [-0.3, -0.25) is 9.10 Å². The lowest BCUT2D eigenvalue weighted by Crippen LogP contribution is -2.39. The van der Waals surface area contributed by atoms with Crippen LogP contribution in [0.15, 0.2) is 41.1 Å². The second kappa shape index (κ2) is 9.11. The molecular formula is C21H26N2O4S2. The summed E-state index contributed by atoms with van der Waals surface area (Å²) in [7, 11) is -1.99. The molecule has 0 unspecified atom stereocenters. The molecule has 1 aliphatic carbocycles. The Bertz CT molecular complexity index is 980. The molecular weight excluding hydrogens is 408 g/mol. The second-order valence-electron chi connectivity index (χ2n) is 7.43. The molecule has 3 rings (SSSR count). The molecule has 1 atom stereocenters. The summed E-state index contributed by atoms with van der Waals surface area (Å²) in [5.41, 5.74) is 2.60. The third-order valence-electron chi connectivity index (χ3n) is 4.86. The zero-order chi connectivity index (χ0) is 21.0. The molecule has 0 aliphatic heterocycles.